The average Bonchev–Trinajstić information content (AvgIpc) is 3.26. The largest absolute Gasteiger partial charge is 0.376 e. The van der Waals surface area contributed by atoms with Crippen molar-refractivity contribution in [3.63, 3.8) is 0 Å². The Labute approximate surface area is 158 Å². The maximum Gasteiger partial charge on any atom is 0.210 e. The van der Waals surface area contributed by atoms with E-state index in [0.29, 0.717) is 12.3 Å². The second-order valence-electron chi connectivity index (χ2n) is 9.10. The van der Waals surface area contributed by atoms with Gasteiger partial charge in [0, 0.05) is 12.0 Å². The van der Waals surface area contributed by atoms with Gasteiger partial charge in [0.05, 0.1) is 17.9 Å². The van der Waals surface area contributed by atoms with Gasteiger partial charge in [-0.25, -0.2) is 4.68 Å². The summed E-state index contributed by atoms with van der Waals surface area (Å²) >= 11 is 1.54. The van der Waals surface area contributed by atoms with Crippen LogP contribution in [0.3, 0.4) is 0 Å². The molecule has 1 saturated heterocycles. The highest BCUT2D eigenvalue weighted by atomic mass is 32.2. The third-order valence-corrected chi connectivity index (χ3v) is 8.18. The van der Waals surface area contributed by atoms with Crippen LogP contribution < -0.4 is 0 Å². The zero-order chi connectivity index (χ0) is 17.7. The second kappa shape index (κ2) is 6.59. The molecular formula is C19H28N4O2S. The number of carbonyl (C=O) groups excluding carboxylic acids is 1. The molecule has 4 bridgehead atoms. The van der Waals surface area contributed by atoms with Gasteiger partial charge in [-0.05, 0) is 86.5 Å². The zero-order valence-corrected chi connectivity index (χ0v) is 16.3. The van der Waals surface area contributed by atoms with E-state index < -0.39 is 0 Å². The first-order chi connectivity index (χ1) is 12.6. The van der Waals surface area contributed by atoms with Crippen molar-refractivity contribution in [3.8, 4) is 0 Å². The lowest BCUT2D eigenvalue weighted by Crippen LogP contribution is -2.51. The molecule has 1 aliphatic heterocycles. The SMILES string of the molecule is C[C@H](Sc1nnnn1C[C@H]1CCCO1)C(=O)C12CC3CC(CC(C3)C1)C2. The number of hydrogen-bond acceptors (Lipinski definition) is 6. The standard InChI is InChI=1S/C19H28N4O2S/c1-12(26-18-20-21-22-23(18)11-16-3-2-4-25-16)17(24)19-8-13-5-14(9-19)7-15(6-13)10-19/h12-16H,2-11H2,1H3/t12-,13?,14?,15?,16+,19?/m0/s1. The Kier molecular flexibility index (Phi) is 4.35. The number of tetrazole rings is 1. The van der Waals surface area contributed by atoms with Crippen molar-refractivity contribution in [2.75, 3.05) is 6.61 Å². The molecule has 0 aromatic carbocycles. The highest BCUT2D eigenvalue weighted by Crippen LogP contribution is 2.61. The predicted octanol–water partition coefficient (Wildman–Crippen LogP) is 3.12. The van der Waals surface area contributed by atoms with Crippen LogP contribution in [-0.4, -0.2) is 44.0 Å². The smallest absolute Gasteiger partial charge is 0.210 e. The highest BCUT2D eigenvalue weighted by Gasteiger charge is 2.55. The van der Waals surface area contributed by atoms with Crippen molar-refractivity contribution in [3.05, 3.63) is 0 Å². The first-order valence-corrected chi connectivity index (χ1v) is 11.1. The molecule has 4 aliphatic carbocycles. The maximum absolute atomic E-state index is 13.5. The molecule has 6 rings (SSSR count). The van der Waals surface area contributed by atoms with Gasteiger partial charge in [0.15, 0.2) is 5.78 Å². The number of ether oxygens (including phenoxy) is 1. The fourth-order valence-corrected chi connectivity index (χ4v) is 7.42. The molecule has 0 unspecified atom stereocenters. The molecule has 6 nitrogen and oxygen atoms in total. The Morgan fingerprint density at radius 2 is 1.96 bits per heavy atom. The number of ketones is 1. The quantitative estimate of drug-likeness (QED) is 0.711. The molecule has 1 aromatic rings. The minimum Gasteiger partial charge on any atom is -0.376 e. The first-order valence-electron chi connectivity index (χ1n) is 10.2. The Hall–Kier alpha value is -0.950. The molecule has 4 saturated carbocycles. The number of nitrogens with zero attached hydrogens (tertiary/aromatic N) is 4. The van der Waals surface area contributed by atoms with E-state index in [1.54, 1.807) is 0 Å². The Morgan fingerprint density at radius 3 is 2.58 bits per heavy atom. The summed E-state index contributed by atoms with van der Waals surface area (Å²) in [6, 6.07) is 0. The van der Waals surface area contributed by atoms with Crippen LogP contribution in [0.2, 0.25) is 0 Å². The summed E-state index contributed by atoms with van der Waals surface area (Å²) in [5.74, 6) is 2.85. The minimum atomic E-state index is -0.0829. The molecule has 5 aliphatic rings. The van der Waals surface area contributed by atoms with Crippen LogP contribution >= 0.6 is 11.8 Å². The van der Waals surface area contributed by atoms with E-state index in [1.807, 2.05) is 4.68 Å². The molecule has 5 fully saturated rings. The van der Waals surface area contributed by atoms with Gasteiger partial charge in [-0.3, -0.25) is 4.79 Å². The minimum absolute atomic E-state index is 0.0476. The van der Waals surface area contributed by atoms with Crippen LogP contribution in [0.1, 0.15) is 58.3 Å². The fourth-order valence-electron chi connectivity index (χ4n) is 6.43. The second-order valence-corrected chi connectivity index (χ2v) is 10.4. The molecule has 1 aromatic heterocycles. The molecule has 0 spiro atoms. The van der Waals surface area contributed by atoms with Gasteiger partial charge in [-0.2, -0.15) is 0 Å². The lowest BCUT2D eigenvalue weighted by atomic mass is 9.48. The van der Waals surface area contributed by atoms with Gasteiger partial charge in [-0.1, -0.05) is 11.8 Å². The summed E-state index contributed by atoms with van der Waals surface area (Å²) < 4.78 is 7.53. The van der Waals surface area contributed by atoms with Gasteiger partial charge in [0.2, 0.25) is 5.16 Å². The number of carbonyl (C=O) groups is 1. The van der Waals surface area contributed by atoms with Gasteiger partial charge in [-0.15, -0.1) is 5.10 Å². The third kappa shape index (κ3) is 3.01. The van der Waals surface area contributed by atoms with E-state index >= 15 is 0 Å². The number of Topliss-reactive ketones (excluding diaryl/α,β-unsaturated/α-hetero) is 1. The maximum atomic E-state index is 13.5. The van der Waals surface area contributed by atoms with Crippen LogP contribution in [0.25, 0.3) is 0 Å². The summed E-state index contributed by atoms with van der Waals surface area (Å²) in [7, 11) is 0. The van der Waals surface area contributed by atoms with Crippen molar-refractivity contribution in [1.29, 1.82) is 0 Å². The topological polar surface area (TPSA) is 69.9 Å². The molecule has 7 heteroatoms. The van der Waals surface area contributed by atoms with E-state index in [2.05, 4.69) is 22.4 Å². The average molecular weight is 377 g/mol. The predicted molar refractivity (Wildman–Crippen MR) is 97.7 cm³/mol. The summed E-state index contributed by atoms with van der Waals surface area (Å²) in [6.07, 6.45) is 9.86. The molecule has 0 N–H and O–H groups in total. The zero-order valence-electron chi connectivity index (χ0n) is 15.5. The molecule has 0 radical (unpaired) electrons. The summed E-state index contributed by atoms with van der Waals surface area (Å²) in [5, 5.41) is 12.8. The van der Waals surface area contributed by atoms with Crippen LogP contribution in [0.4, 0.5) is 0 Å². The molecule has 2 atom stereocenters. The van der Waals surface area contributed by atoms with Gasteiger partial charge in [0.1, 0.15) is 0 Å². The van der Waals surface area contributed by atoms with E-state index in [1.165, 1.54) is 31.0 Å². The first kappa shape index (κ1) is 17.2. The Bertz CT molecular complexity index is 650. The lowest BCUT2D eigenvalue weighted by Gasteiger charge is -2.56. The molecule has 2 heterocycles. The van der Waals surface area contributed by atoms with Crippen molar-refractivity contribution >= 4 is 17.5 Å². The summed E-state index contributed by atoms with van der Waals surface area (Å²) in [5.41, 5.74) is -0.0476. The summed E-state index contributed by atoms with van der Waals surface area (Å²) in [6.45, 7) is 3.57. The van der Waals surface area contributed by atoms with Crippen molar-refractivity contribution < 1.29 is 9.53 Å². The van der Waals surface area contributed by atoms with Crippen LogP contribution in [0.5, 0.6) is 0 Å². The normalized spacial score (nSPS) is 39.4. The third-order valence-electron chi connectivity index (χ3n) is 7.11. The van der Waals surface area contributed by atoms with Gasteiger partial charge >= 0.3 is 0 Å². The van der Waals surface area contributed by atoms with E-state index in [0.717, 1.165) is 61.6 Å². The molecular weight excluding hydrogens is 348 g/mol. The Balaban J connectivity index is 1.28. The van der Waals surface area contributed by atoms with E-state index in [9.17, 15) is 4.79 Å². The van der Waals surface area contributed by atoms with Crippen molar-refractivity contribution in [1.82, 2.24) is 20.2 Å². The summed E-state index contributed by atoms with van der Waals surface area (Å²) in [4.78, 5) is 13.5. The van der Waals surface area contributed by atoms with E-state index in [-0.39, 0.29) is 16.8 Å². The fraction of sp³-hybridized carbons (Fsp3) is 0.895. The van der Waals surface area contributed by atoms with Gasteiger partial charge < -0.3 is 4.74 Å². The van der Waals surface area contributed by atoms with Gasteiger partial charge in [0.25, 0.3) is 0 Å². The van der Waals surface area contributed by atoms with Crippen molar-refractivity contribution in [2.24, 2.45) is 23.2 Å². The van der Waals surface area contributed by atoms with E-state index in [4.69, 9.17) is 4.74 Å². The number of rotatable bonds is 6. The lowest BCUT2D eigenvalue weighted by molar-refractivity contribution is -0.142. The monoisotopic (exact) mass is 376 g/mol. The molecule has 0 amide bonds. The number of thioether (sulfide) groups is 1. The van der Waals surface area contributed by atoms with Crippen LogP contribution in [0.15, 0.2) is 5.16 Å². The molecule has 26 heavy (non-hydrogen) atoms. The number of aromatic nitrogens is 4. The number of hydrogen-bond donors (Lipinski definition) is 0. The van der Waals surface area contributed by atoms with Crippen LogP contribution in [-0.2, 0) is 16.1 Å². The highest BCUT2D eigenvalue weighted by molar-refractivity contribution is 8.00. The van der Waals surface area contributed by atoms with Crippen LogP contribution in [0, 0.1) is 23.2 Å². The van der Waals surface area contributed by atoms with Crippen molar-refractivity contribution in [2.45, 2.75) is 81.3 Å². The Morgan fingerprint density at radius 1 is 1.27 bits per heavy atom. The molecule has 142 valence electrons.